The van der Waals surface area contributed by atoms with Crippen LogP contribution in [0.15, 0.2) is 115 Å². The summed E-state index contributed by atoms with van der Waals surface area (Å²) in [5.41, 5.74) is 6.47. The lowest BCUT2D eigenvalue weighted by Gasteiger charge is -2.28. The number of amides is 3. The van der Waals surface area contributed by atoms with Crippen LogP contribution in [0.3, 0.4) is 0 Å². The molecule has 1 N–H and O–H groups in total. The van der Waals surface area contributed by atoms with Gasteiger partial charge in [0.15, 0.2) is 0 Å². The first-order chi connectivity index (χ1) is 27.9. The maximum absolute atomic E-state index is 14.0. The summed E-state index contributed by atoms with van der Waals surface area (Å²) in [6, 6.07) is 25.9. The molecule has 2 aromatic heterocycles. The molecule has 5 aromatic rings. The van der Waals surface area contributed by atoms with Crippen LogP contribution in [0.25, 0.3) is 32.0 Å². The molecule has 1 aliphatic carbocycles. The van der Waals surface area contributed by atoms with E-state index in [9.17, 15) is 14.4 Å². The molecule has 0 saturated carbocycles. The summed E-state index contributed by atoms with van der Waals surface area (Å²) in [5, 5.41) is 4.95. The lowest BCUT2D eigenvalue weighted by molar-refractivity contribution is -0.137. The Hall–Kier alpha value is -4.46. The second kappa shape index (κ2) is 18.0. The van der Waals surface area contributed by atoms with E-state index in [1.54, 1.807) is 22.7 Å². The third-order valence-corrected chi connectivity index (χ3v) is 14.7. The van der Waals surface area contributed by atoms with E-state index in [0.29, 0.717) is 23.3 Å². The van der Waals surface area contributed by atoms with E-state index >= 15 is 0 Å². The fourth-order valence-corrected chi connectivity index (χ4v) is 10.9. The lowest BCUT2D eigenvalue weighted by Crippen LogP contribution is -2.42. The summed E-state index contributed by atoms with van der Waals surface area (Å²) < 4.78 is 0.387. The molecule has 3 amide bonds. The van der Waals surface area contributed by atoms with Crippen LogP contribution in [0.1, 0.15) is 92.0 Å². The van der Waals surface area contributed by atoms with Gasteiger partial charge in [0.05, 0.1) is 21.8 Å². The Balaban J connectivity index is 0.915. The quantitative estimate of drug-likeness (QED) is 0.0994. The van der Waals surface area contributed by atoms with Crippen LogP contribution >= 0.6 is 45.3 Å². The fourth-order valence-electron chi connectivity index (χ4n) is 8.06. The molecule has 292 valence electrons. The molecule has 0 spiro atoms. The molecule has 0 radical (unpaired) electrons. The molecule has 1 unspecified atom stereocenters. The van der Waals surface area contributed by atoms with Crippen LogP contribution in [0.5, 0.6) is 0 Å². The first-order valence-corrected chi connectivity index (χ1v) is 22.8. The SMILES string of the molecule is CCCC(=O)N[C@H](C(=O)N1CCC[C@H]1c1ncc(-c2ccc(-c3ccc(-c4cnc([C@@H]5CCCN5C(=O)CC5=CC=CCC5I)s4)cc3)cc2)s1)c1ccccc1. The Morgan fingerprint density at radius 2 is 1.35 bits per heavy atom. The first-order valence-electron chi connectivity index (χ1n) is 19.9. The van der Waals surface area contributed by atoms with Crippen molar-refractivity contribution in [3.8, 4) is 32.0 Å². The Morgan fingerprint density at radius 3 is 1.93 bits per heavy atom. The van der Waals surface area contributed by atoms with Gasteiger partial charge in [-0.3, -0.25) is 14.4 Å². The highest BCUT2D eigenvalue weighted by Gasteiger charge is 2.37. The van der Waals surface area contributed by atoms with E-state index in [-0.39, 0.29) is 29.8 Å². The molecule has 2 saturated heterocycles. The van der Waals surface area contributed by atoms with Gasteiger partial charge in [-0.1, -0.05) is 127 Å². The van der Waals surface area contributed by atoms with Crippen LogP contribution < -0.4 is 5.32 Å². The largest absolute Gasteiger partial charge is 0.341 e. The number of allylic oxidation sites excluding steroid dienone is 3. The minimum Gasteiger partial charge on any atom is -0.341 e. The third kappa shape index (κ3) is 8.85. The molecule has 8 nitrogen and oxygen atoms in total. The van der Waals surface area contributed by atoms with E-state index in [1.165, 1.54) is 5.57 Å². The molecule has 3 aromatic carbocycles. The minimum absolute atomic E-state index is 0.0483. The topological polar surface area (TPSA) is 95.5 Å². The number of hydrogen-bond acceptors (Lipinski definition) is 7. The monoisotopic (exact) mass is 907 g/mol. The molecular weight excluding hydrogens is 862 g/mol. The number of nitrogens with zero attached hydrogens (tertiary/aromatic N) is 4. The summed E-state index contributed by atoms with van der Waals surface area (Å²) >= 11 is 5.77. The van der Waals surface area contributed by atoms with Crippen molar-refractivity contribution in [2.45, 2.75) is 80.3 Å². The normalized spacial score (nSPS) is 19.8. The predicted octanol–water partition coefficient (Wildman–Crippen LogP) is 10.7. The number of carbonyl (C=O) groups excluding carboxylic acids is 3. The molecule has 4 atom stereocenters. The van der Waals surface area contributed by atoms with Gasteiger partial charge < -0.3 is 15.1 Å². The van der Waals surface area contributed by atoms with Crippen molar-refractivity contribution in [2.75, 3.05) is 13.1 Å². The van der Waals surface area contributed by atoms with E-state index in [0.717, 1.165) is 92.7 Å². The number of halogens is 1. The number of hydrogen-bond donors (Lipinski definition) is 1. The van der Waals surface area contributed by atoms with Crippen LogP contribution in [-0.4, -0.2) is 54.5 Å². The number of thiazole rings is 2. The second-order valence-electron chi connectivity index (χ2n) is 14.9. The van der Waals surface area contributed by atoms with Gasteiger partial charge in [0, 0.05) is 42.2 Å². The average molecular weight is 908 g/mol. The summed E-state index contributed by atoms with van der Waals surface area (Å²) in [6.07, 6.45) is 16.5. The maximum Gasteiger partial charge on any atom is 0.250 e. The summed E-state index contributed by atoms with van der Waals surface area (Å²) in [6.45, 7) is 3.40. The molecule has 57 heavy (non-hydrogen) atoms. The first kappa shape index (κ1) is 39.4. The number of benzene rings is 3. The standard InChI is InChI=1S/C46H46IN5O3S2/c1-2-10-41(53)50-43(34-11-4-3-5-12-34)46(55)52-26-9-16-38(52)45-49-29-40(57-45)33-23-19-31(20-24-33)30-17-21-32(22-18-30)39-28-48-44(56-39)37-15-8-25-51(37)42(54)27-35-13-6-7-14-36(35)47/h3-7,11-13,17-24,28-29,36-38,43H,2,8-10,14-16,25-27H2,1H3,(H,50,53)/t36?,37-,38-,43-/m0/s1. The van der Waals surface area contributed by atoms with E-state index in [1.807, 2.05) is 54.5 Å². The van der Waals surface area contributed by atoms with Gasteiger partial charge in [0.1, 0.15) is 16.1 Å². The van der Waals surface area contributed by atoms with Gasteiger partial charge >= 0.3 is 0 Å². The number of alkyl halides is 1. The van der Waals surface area contributed by atoms with Gasteiger partial charge in [-0.25, -0.2) is 9.97 Å². The average Bonchev–Trinajstić information content (AvgIpc) is 4.08. The van der Waals surface area contributed by atoms with Crippen molar-refractivity contribution in [2.24, 2.45) is 0 Å². The van der Waals surface area contributed by atoms with Crippen LogP contribution in [0.2, 0.25) is 0 Å². The zero-order valence-corrected chi connectivity index (χ0v) is 35.8. The van der Waals surface area contributed by atoms with Crippen LogP contribution in [0.4, 0.5) is 0 Å². The maximum atomic E-state index is 14.0. The summed E-state index contributed by atoms with van der Waals surface area (Å²) in [5.74, 6) is 0.00911. The molecule has 0 bridgehead atoms. The van der Waals surface area contributed by atoms with Crippen molar-refractivity contribution in [3.05, 3.63) is 131 Å². The highest BCUT2D eigenvalue weighted by atomic mass is 127. The smallest absolute Gasteiger partial charge is 0.250 e. The number of rotatable bonds is 12. The third-order valence-electron chi connectivity index (χ3n) is 11.1. The predicted molar refractivity (Wildman–Crippen MR) is 238 cm³/mol. The molecule has 2 fully saturated rings. The fraction of sp³-hybridized carbons (Fsp3) is 0.326. The van der Waals surface area contributed by atoms with E-state index in [2.05, 4.69) is 99.6 Å². The molecule has 4 heterocycles. The molecular formula is C46H46IN5O3S2. The Kier molecular flexibility index (Phi) is 12.4. The number of likely N-dealkylation sites (tertiary alicyclic amines) is 2. The molecule has 3 aliphatic rings. The van der Waals surface area contributed by atoms with Crippen LogP contribution in [-0.2, 0) is 14.4 Å². The molecule has 2 aliphatic heterocycles. The van der Waals surface area contributed by atoms with Crippen molar-refractivity contribution < 1.29 is 14.4 Å². The molecule has 11 heteroatoms. The van der Waals surface area contributed by atoms with Crippen molar-refractivity contribution in [1.82, 2.24) is 25.1 Å². The summed E-state index contributed by atoms with van der Waals surface area (Å²) in [4.78, 5) is 55.9. The Labute approximate surface area is 356 Å². The van der Waals surface area contributed by atoms with Gasteiger partial charge in [0.25, 0.3) is 0 Å². The molecule has 8 rings (SSSR count). The Morgan fingerprint density at radius 1 is 0.789 bits per heavy atom. The number of carbonyl (C=O) groups is 3. The minimum atomic E-state index is -0.720. The lowest BCUT2D eigenvalue weighted by atomic mass is 10.0. The van der Waals surface area contributed by atoms with Gasteiger partial charge in [0.2, 0.25) is 17.7 Å². The van der Waals surface area contributed by atoms with Gasteiger partial charge in [-0.05, 0) is 71.9 Å². The van der Waals surface area contributed by atoms with Crippen molar-refractivity contribution in [1.29, 1.82) is 0 Å². The van der Waals surface area contributed by atoms with E-state index < -0.39 is 6.04 Å². The van der Waals surface area contributed by atoms with E-state index in [4.69, 9.17) is 9.97 Å². The van der Waals surface area contributed by atoms with Crippen molar-refractivity contribution in [3.63, 3.8) is 0 Å². The second-order valence-corrected chi connectivity index (χ2v) is 18.6. The van der Waals surface area contributed by atoms with Crippen molar-refractivity contribution >= 4 is 63.0 Å². The number of aromatic nitrogens is 2. The zero-order valence-electron chi connectivity index (χ0n) is 32.0. The number of nitrogens with one attached hydrogen (secondary N) is 1. The van der Waals surface area contributed by atoms with Gasteiger partial charge in [-0.2, -0.15) is 0 Å². The highest BCUT2D eigenvalue weighted by molar-refractivity contribution is 14.1. The zero-order chi connectivity index (χ0) is 39.3. The van der Waals surface area contributed by atoms with Gasteiger partial charge in [-0.15, -0.1) is 22.7 Å². The summed E-state index contributed by atoms with van der Waals surface area (Å²) in [7, 11) is 0. The Bertz CT molecular complexity index is 2270. The highest BCUT2D eigenvalue weighted by Crippen LogP contribution is 2.41. The van der Waals surface area contributed by atoms with Crippen LogP contribution in [0, 0.1) is 0 Å².